The second-order valence-corrected chi connectivity index (χ2v) is 3.92. The minimum Gasteiger partial charge on any atom is -0.467 e. The number of imide groups is 1. The highest BCUT2D eigenvalue weighted by atomic mass is 16.3. The van der Waals surface area contributed by atoms with Crippen LogP contribution in [-0.2, 0) is 24.4 Å². The quantitative estimate of drug-likeness (QED) is 0.667. The maximum Gasteiger partial charge on any atom is 0.321 e. The van der Waals surface area contributed by atoms with Gasteiger partial charge in [-0.25, -0.2) is 9.48 Å². The lowest BCUT2D eigenvalue weighted by molar-refractivity contribution is -0.120. The lowest BCUT2D eigenvalue weighted by Gasteiger charge is -2.05. The number of hydrogen-bond acceptors (Lipinski definition) is 6. The third-order valence-electron chi connectivity index (χ3n) is 2.36. The third-order valence-corrected chi connectivity index (χ3v) is 2.36. The Morgan fingerprint density at radius 1 is 1.45 bits per heavy atom. The third kappa shape index (κ3) is 3.92. The van der Waals surface area contributed by atoms with Crippen LogP contribution in [0.1, 0.15) is 11.5 Å². The normalized spacial score (nSPS) is 10.2. The van der Waals surface area contributed by atoms with Crippen LogP contribution in [0.5, 0.6) is 0 Å². The fourth-order valence-corrected chi connectivity index (χ4v) is 1.45. The number of carbonyl (C=O) groups is 2. The van der Waals surface area contributed by atoms with E-state index in [0.29, 0.717) is 11.5 Å². The first kappa shape index (κ1) is 13.7. The number of amides is 3. The zero-order valence-corrected chi connectivity index (χ0v) is 10.6. The Labute approximate surface area is 114 Å². The molecule has 0 aliphatic rings. The average molecular weight is 278 g/mol. The van der Waals surface area contributed by atoms with Gasteiger partial charge >= 0.3 is 6.03 Å². The minimum atomic E-state index is -0.606. The summed E-state index contributed by atoms with van der Waals surface area (Å²) in [5.74, 6) is 0.0897. The van der Waals surface area contributed by atoms with E-state index in [1.165, 1.54) is 10.9 Å². The molecule has 9 heteroatoms. The molecular weight excluding hydrogens is 264 g/mol. The summed E-state index contributed by atoms with van der Waals surface area (Å²) in [4.78, 5) is 23.0. The van der Waals surface area contributed by atoms with Crippen LogP contribution in [0.3, 0.4) is 0 Å². The summed E-state index contributed by atoms with van der Waals surface area (Å²) in [5, 5.41) is 12.1. The van der Waals surface area contributed by atoms with Gasteiger partial charge in [0.25, 0.3) is 0 Å². The second-order valence-electron chi connectivity index (χ2n) is 3.92. The topological polar surface area (TPSA) is 128 Å². The summed E-state index contributed by atoms with van der Waals surface area (Å²) in [7, 11) is 0. The summed E-state index contributed by atoms with van der Waals surface area (Å²) >= 11 is 0. The lowest BCUT2D eigenvalue weighted by Crippen LogP contribution is -2.40. The molecule has 0 fully saturated rings. The molecule has 3 amide bonds. The Bertz CT molecular complexity index is 577. The van der Waals surface area contributed by atoms with Gasteiger partial charge in [-0.1, -0.05) is 5.21 Å². The first-order chi connectivity index (χ1) is 9.67. The van der Waals surface area contributed by atoms with E-state index in [1.807, 2.05) is 0 Å². The molecule has 0 aliphatic heterocycles. The molecule has 2 aromatic rings. The van der Waals surface area contributed by atoms with E-state index >= 15 is 0 Å². The van der Waals surface area contributed by atoms with E-state index < -0.39 is 11.9 Å². The van der Waals surface area contributed by atoms with Gasteiger partial charge in [0.05, 0.1) is 24.7 Å². The van der Waals surface area contributed by atoms with Gasteiger partial charge in [-0.05, 0) is 12.1 Å². The van der Waals surface area contributed by atoms with Crippen molar-refractivity contribution in [3.05, 3.63) is 36.0 Å². The number of rotatable bonds is 5. The summed E-state index contributed by atoms with van der Waals surface area (Å²) in [6.45, 7) is 0.333. The van der Waals surface area contributed by atoms with E-state index in [0.717, 1.165) is 0 Å². The van der Waals surface area contributed by atoms with Gasteiger partial charge in [-0.15, -0.1) is 5.10 Å². The second kappa shape index (κ2) is 6.48. The van der Waals surface area contributed by atoms with Crippen LogP contribution < -0.4 is 16.4 Å². The number of nitrogens with one attached hydrogen (secondary N) is 2. The largest absolute Gasteiger partial charge is 0.467 e. The number of aromatic nitrogens is 3. The van der Waals surface area contributed by atoms with Gasteiger partial charge in [0.15, 0.2) is 0 Å². The smallest absolute Gasteiger partial charge is 0.321 e. The van der Waals surface area contributed by atoms with E-state index in [1.54, 1.807) is 18.3 Å². The summed E-state index contributed by atoms with van der Waals surface area (Å²) in [6.07, 6.45) is 3.04. The van der Waals surface area contributed by atoms with Crippen LogP contribution in [0.4, 0.5) is 4.79 Å². The molecule has 9 nitrogen and oxygen atoms in total. The van der Waals surface area contributed by atoms with Crippen molar-refractivity contribution in [2.45, 2.75) is 19.6 Å². The zero-order chi connectivity index (χ0) is 14.4. The van der Waals surface area contributed by atoms with Crippen LogP contribution in [0.2, 0.25) is 0 Å². The summed E-state index contributed by atoms with van der Waals surface area (Å²) in [6, 6.07) is 2.82. The van der Waals surface area contributed by atoms with Crippen molar-refractivity contribution in [3.8, 4) is 0 Å². The van der Waals surface area contributed by atoms with Gasteiger partial charge in [0.2, 0.25) is 5.91 Å². The van der Waals surface area contributed by atoms with Gasteiger partial charge in [-0.2, -0.15) is 0 Å². The van der Waals surface area contributed by atoms with Gasteiger partial charge < -0.3 is 15.5 Å². The SMILES string of the molecule is NCc1cn(CC(=O)NC(=O)NCc2ccco2)nn1. The number of nitrogens with two attached hydrogens (primary N) is 1. The highest BCUT2D eigenvalue weighted by molar-refractivity contribution is 5.94. The molecule has 20 heavy (non-hydrogen) atoms. The van der Waals surface area contributed by atoms with Crippen molar-refractivity contribution >= 4 is 11.9 Å². The van der Waals surface area contributed by atoms with E-state index in [2.05, 4.69) is 20.9 Å². The zero-order valence-electron chi connectivity index (χ0n) is 10.6. The molecule has 2 aromatic heterocycles. The van der Waals surface area contributed by atoms with E-state index in [4.69, 9.17) is 10.2 Å². The molecule has 0 atom stereocenters. The molecule has 106 valence electrons. The molecule has 2 rings (SSSR count). The first-order valence-electron chi connectivity index (χ1n) is 5.86. The lowest BCUT2D eigenvalue weighted by atomic mass is 10.4. The standard InChI is InChI=1S/C11H14N6O3/c12-4-8-6-17(16-15-8)7-10(18)14-11(19)13-5-9-2-1-3-20-9/h1-3,6H,4-5,7,12H2,(H2,13,14,18,19). The highest BCUT2D eigenvalue weighted by Crippen LogP contribution is 1.98. The monoisotopic (exact) mass is 278 g/mol. The molecule has 0 saturated carbocycles. The summed E-state index contributed by atoms with van der Waals surface area (Å²) < 4.78 is 6.34. The minimum absolute atomic E-state index is 0.110. The number of furan rings is 1. The predicted octanol–water partition coefficient (Wildman–Crippen LogP) is -0.644. The number of hydrogen-bond donors (Lipinski definition) is 3. The molecule has 0 spiro atoms. The van der Waals surface area contributed by atoms with Gasteiger partial charge in [-0.3, -0.25) is 10.1 Å². The Morgan fingerprint density at radius 2 is 2.30 bits per heavy atom. The first-order valence-corrected chi connectivity index (χ1v) is 5.86. The Balaban J connectivity index is 1.74. The molecule has 0 saturated heterocycles. The Kier molecular flexibility index (Phi) is 4.45. The number of urea groups is 1. The van der Waals surface area contributed by atoms with Crippen LogP contribution in [-0.4, -0.2) is 26.9 Å². The van der Waals surface area contributed by atoms with Crippen LogP contribution in [0.25, 0.3) is 0 Å². The van der Waals surface area contributed by atoms with Gasteiger partial charge in [0.1, 0.15) is 12.3 Å². The molecule has 0 aliphatic carbocycles. The Morgan fingerprint density at radius 3 is 2.95 bits per heavy atom. The van der Waals surface area contributed by atoms with Crippen LogP contribution >= 0.6 is 0 Å². The summed E-state index contributed by atoms with van der Waals surface area (Å²) in [5.41, 5.74) is 5.94. The van der Waals surface area contributed by atoms with Gasteiger partial charge in [0, 0.05) is 6.54 Å². The van der Waals surface area contributed by atoms with Crippen molar-refractivity contribution in [1.29, 1.82) is 0 Å². The van der Waals surface area contributed by atoms with Crippen molar-refractivity contribution in [2.75, 3.05) is 0 Å². The van der Waals surface area contributed by atoms with Crippen molar-refractivity contribution in [1.82, 2.24) is 25.6 Å². The van der Waals surface area contributed by atoms with Crippen LogP contribution in [0, 0.1) is 0 Å². The molecule has 0 bridgehead atoms. The predicted molar refractivity (Wildman–Crippen MR) is 67.0 cm³/mol. The molecule has 4 N–H and O–H groups in total. The van der Waals surface area contributed by atoms with Crippen molar-refractivity contribution in [3.63, 3.8) is 0 Å². The van der Waals surface area contributed by atoms with Crippen molar-refractivity contribution in [2.24, 2.45) is 5.73 Å². The molecule has 0 unspecified atom stereocenters. The van der Waals surface area contributed by atoms with E-state index in [-0.39, 0.29) is 19.6 Å². The fourth-order valence-electron chi connectivity index (χ4n) is 1.45. The molecular formula is C11H14N6O3. The maximum atomic E-state index is 11.6. The van der Waals surface area contributed by atoms with Crippen LogP contribution in [0.15, 0.2) is 29.0 Å². The number of nitrogens with zero attached hydrogens (tertiary/aromatic N) is 3. The highest BCUT2D eigenvalue weighted by Gasteiger charge is 2.09. The number of carbonyl (C=O) groups excluding carboxylic acids is 2. The van der Waals surface area contributed by atoms with Crippen molar-refractivity contribution < 1.29 is 14.0 Å². The molecule has 0 radical (unpaired) electrons. The van der Waals surface area contributed by atoms with E-state index in [9.17, 15) is 9.59 Å². The fraction of sp³-hybridized carbons (Fsp3) is 0.273. The Hall–Kier alpha value is -2.68. The maximum absolute atomic E-state index is 11.6. The average Bonchev–Trinajstić information content (AvgIpc) is 3.06. The molecule has 2 heterocycles. The molecule has 0 aromatic carbocycles.